The van der Waals surface area contributed by atoms with Crippen LogP contribution in [0, 0.1) is 6.92 Å². The molecule has 1 aliphatic heterocycles. The molecule has 0 bridgehead atoms. The Balaban J connectivity index is 1.76. The summed E-state index contributed by atoms with van der Waals surface area (Å²) in [6.07, 6.45) is 3.68. The van der Waals surface area contributed by atoms with Crippen LogP contribution in [0.1, 0.15) is 38.2 Å². The molecule has 1 heterocycles. The Hall–Kier alpha value is -2.27. The lowest BCUT2D eigenvalue weighted by Crippen LogP contribution is -2.41. The van der Waals surface area contributed by atoms with Crippen LogP contribution >= 0.6 is 0 Å². The Kier molecular flexibility index (Phi) is 7.71. The van der Waals surface area contributed by atoms with Gasteiger partial charge in [0, 0.05) is 18.8 Å². The van der Waals surface area contributed by atoms with Crippen molar-refractivity contribution in [3.05, 3.63) is 54.1 Å². The molecule has 2 aromatic rings. The number of carbonyl (C=O) groups excluding carboxylic acids is 1. The summed E-state index contributed by atoms with van der Waals surface area (Å²) in [4.78, 5) is 12.8. The highest BCUT2D eigenvalue weighted by atomic mass is 32.2. The van der Waals surface area contributed by atoms with Crippen molar-refractivity contribution in [1.82, 2.24) is 9.03 Å². The van der Waals surface area contributed by atoms with Gasteiger partial charge >= 0.3 is 0 Å². The quantitative estimate of drug-likeness (QED) is 0.634. The van der Waals surface area contributed by atoms with E-state index in [1.807, 2.05) is 0 Å². The first-order valence-corrected chi connectivity index (χ1v) is 13.5. The number of rotatable bonds is 7. The number of aryl methyl sites for hydroxylation is 1. The van der Waals surface area contributed by atoms with E-state index >= 15 is 0 Å². The van der Waals surface area contributed by atoms with Gasteiger partial charge in [0.15, 0.2) is 0 Å². The lowest BCUT2D eigenvalue weighted by atomic mass is 10.2. The van der Waals surface area contributed by atoms with Gasteiger partial charge in [0.05, 0.1) is 15.8 Å². The van der Waals surface area contributed by atoms with Crippen molar-refractivity contribution in [2.45, 2.75) is 55.4 Å². The fourth-order valence-electron chi connectivity index (χ4n) is 3.58. The van der Waals surface area contributed by atoms with E-state index in [0.29, 0.717) is 24.3 Å². The molecule has 0 radical (unpaired) electrons. The second-order valence-corrected chi connectivity index (χ2v) is 11.6. The van der Waals surface area contributed by atoms with Gasteiger partial charge in [-0.3, -0.25) is 4.79 Å². The molecule has 8 nitrogen and oxygen atoms in total. The zero-order valence-corrected chi connectivity index (χ0v) is 19.9. The van der Waals surface area contributed by atoms with Gasteiger partial charge < -0.3 is 5.32 Å². The summed E-state index contributed by atoms with van der Waals surface area (Å²) in [5, 5.41) is 2.62. The number of sulfonamides is 2. The van der Waals surface area contributed by atoms with Gasteiger partial charge in [0.1, 0.15) is 0 Å². The molecule has 0 spiro atoms. The van der Waals surface area contributed by atoms with Gasteiger partial charge in [0.25, 0.3) is 0 Å². The Bertz CT molecular complexity index is 1160. The summed E-state index contributed by atoms with van der Waals surface area (Å²) in [6, 6.07) is 11.4. The summed E-state index contributed by atoms with van der Waals surface area (Å²) in [7, 11) is -7.56. The molecule has 0 unspecified atom stereocenters. The third kappa shape index (κ3) is 5.74. The van der Waals surface area contributed by atoms with Crippen molar-refractivity contribution in [2.75, 3.05) is 18.4 Å². The molecule has 1 aliphatic rings. The zero-order valence-electron chi connectivity index (χ0n) is 18.2. The van der Waals surface area contributed by atoms with Crippen molar-refractivity contribution < 1.29 is 21.6 Å². The normalized spacial score (nSPS) is 16.8. The molecule has 10 heteroatoms. The predicted molar refractivity (Wildman–Crippen MR) is 123 cm³/mol. The largest absolute Gasteiger partial charge is 0.325 e. The van der Waals surface area contributed by atoms with Crippen molar-refractivity contribution >= 4 is 31.6 Å². The van der Waals surface area contributed by atoms with Crippen LogP contribution in [0.2, 0.25) is 0 Å². The molecule has 174 valence electrons. The number of hydrogen-bond donors (Lipinski definition) is 2. The fourth-order valence-corrected chi connectivity index (χ4v) is 6.57. The minimum Gasteiger partial charge on any atom is -0.325 e. The molecule has 3 rings (SSSR count). The van der Waals surface area contributed by atoms with Gasteiger partial charge in [0.2, 0.25) is 26.0 Å². The van der Waals surface area contributed by atoms with Gasteiger partial charge in [-0.2, -0.15) is 9.03 Å². The summed E-state index contributed by atoms with van der Waals surface area (Å²) in [5.41, 5.74) is 0.879. The van der Waals surface area contributed by atoms with E-state index in [1.165, 1.54) is 29.4 Å². The summed E-state index contributed by atoms with van der Waals surface area (Å²) in [6.45, 7) is 4.11. The maximum atomic E-state index is 13.2. The number of carbonyl (C=O) groups is 1. The van der Waals surface area contributed by atoms with Crippen molar-refractivity contribution in [3.63, 3.8) is 0 Å². The number of amides is 1. The van der Waals surface area contributed by atoms with Crippen LogP contribution in [0.25, 0.3) is 0 Å². The van der Waals surface area contributed by atoms with Gasteiger partial charge in [-0.1, -0.05) is 37.1 Å². The highest BCUT2D eigenvalue weighted by Gasteiger charge is 2.27. The summed E-state index contributed by atoms with van der Waals surface area (Å²) >= 11 is 0. The van der Waals surface area contributed by atoms with Crippen LogP contribution in [0.3, 0.4) is 0 Å². The maximum Gasteiger partial charge on any atom is 0.243 e. The minimum atomic E-state index is -3.87. The van der Waals surface area contributed by atoms with E-state index < -0.39 is 32.0 Å². The van der Waals surface area contributed by atoms with E-state index in [-0.39, 0.29) is 9.79 Å². The van der Waals surface area contributed by atoms with Crippen LogP contribution in [-0.4, -0.2) is 46.2 Å². The molecule has 1 fully saturated rings. The van der Waals surface area contributed by atoms with Crippen molar-refractivity contribution in [1.29, 1.82) is 0 Å². The smallest absolute Gasteiger partial charge is 0.243 e. The second-order valence-electron chi connectivity index (χ2n) is 7.94. The Labute approximate surface area is 190 Å². The highest BCUT2D eigenvalue weighted by molar-refractivity contribution is 7.89. The van der Waals surface area contributed by atoms with E-state index in [1.54, 1.807) is 37.3 Å². The summed E-state index contributed by atoms with van der Waals surface area (Å²) in [5.74, 6) is -0.591. The van der Waals surface area contributed by atoms with Gasteiger partial charge in [-0.25, -0.2) is 16.8 Å². The number of nitrogens with one attached hydrogen (secondary N) is 2. The van der Waals surface area contributed by atoms with Gasteiger partial charge in [-0.15, -0.1) is 0 Å². The van der Waals surface area contributed by atoms with Crippen LogP contribution in [0.15, 0.2) is 58.3 Å². The van der Waals surface area contributed by atoms with Crippen molar-refractivity contribution in [2.24, 2.45) is 0 Å². The molecular weight excluding hydrogens is 450 g/mol. The minimum absolute atomic E-state index is 0.0563. The Morgan fingerprint density at radius 2 is 1.56 bits per heavy atom. The van der Waals surface area contributed by atoms with Crippen LogP contribution in [0.5, 0.6) is 0 Å². The first-order chi connectivity index (χ1) is 15.1. The molecule has 1 saturated heterocycles. The van der Waals surface area contributed by atoms with Crippen LogP contribution in [0.4, 0.5) is 5.69 Å². The third-order valence-corrected chi connectivity index (χ3v) is 9.01. The third-order valence-electron chi connectivity index (χ3n) is 5.42. The number of hydrogen-bond acceptors (Lipinski definition) is 5. The highest BCUT2D eigenvalue weighted by Crippen LogP contribution is 2.26. The monoisotopic (exact) mass is 479 g/mol. The molecule has 32 heavy (non-hydrogen) atoms. The molecule has 2 N–H and O–H groups in total. The number of nitrogens with zero attached hydrogens (tertiary/aromatic N) is 1. The topological polar surface area (TPSA) is 113 Å². The average Bonchev–Trinajstić information content (AvgIpc) is 3.05. The lowest BCUT2D eigenvalue weighted by Gasteiger charge is -2.22. The first kappa shape index (κ1) is 24.4. The standard InChI is InChI=1S/C22H29N3O5S2/c1-17-12-13-19(16-21(17)32(29,30)25-14-8-3-4-9-15-25)23-22(26)18(2)24-31(27,28)20-10-6-5-7-11-20/h5-7,10-13,16,18,24H,3-4,8-9,14-15H2,1-2H3,(H,23,26)/t18-/m0/s1. The summed E-state index contributed by atoms with van der Waals surface area (Å²) < 4.78 is 55.2. The molecule has 2 aromatic carbocycles. The maximum absolute atomic E-state index is 13.2. The molecule has 0 aliphatic carbocycles. The fraction of sp³-hybridized carbons (Fsp3) is 0.409. The SMILES string of the molecule is Cc1ccc(NC(=O)[C@H](C)NS(=O)(=O)c2ccccc2)cc1S(=O)(=O)N1CCCCCC1. The van der Waals surface area contributed by atoms with E-state index in [2.05, 4.69) is 10.0 Å². The average molecular weight is 480 g/mol. The molecule has 1 amide bonds. The molecule has 1 atom stereocenters. The molecular formula is C22H29N3O5S2. The Morgan fingerprint density at radius 3 is 2.19 bits per heavy atom. The Morgan fingerprint density at radius 1 is 0.938 bits per heavy atom. The lowest BCUT2D eigenvalue weighted by molar-refractivity contribution is -0.117. The number of benzene rings is 2. The predicted octanol–water partition coefficient (Wildman–Crippen LogP) is 2.87. The van der Waals surface area contributed by atoms with Crippen molar-refractivity contribution in [3.8, 4) is 0 Å². The zero-order chi connectivity index (χ0) is 23.4. The van der Waals surface area contributed by atoms with Crippen LogP contribution < -0.4 is 10.0 Å². The molecule has 0 saturated carbocycles. The van der Waals surface area contributed by atoms with E-state index in [0.717, 1.165) is 25.7 Å². The van der Waals surface area contributed by atoms with Crippen LogP contribution in [-0.2, 0) is 24.8 Å². The van der Waals surface area contributed by atoms with E-state index in [9.17, 15) is 21.6 Å². The number of anilines is 1. The van der Waals surface area contributed by atoms with E-state index in [4.69, 9.17) is 0 Å². The molecule has 0 aromatic heterocycles. The second kappa shape index (κ2) is 10.1. The van der Waals surface area contributed by atoms with Gasteiger partial charge in [-0.05, 0) is 56.5 Å². The first-order valence-electron chi connectivity index (χ1n) is 10.6.